The van der Waals surface area contributed by atoms with Crippen LogP contribution in [-0.2, 0) is 4.74 Å². The highest BCUT2D eigenvalue weighted by Gasteiger charge is 2.18. The van der Waals surface area contributed by atoms with Crippen LogP contribution >= 0.6 is 11.3 Å². The second-order valence-corrected chi connectivity index (χ2v) is 7.67. The standard InChI is InChI=1S/C23H18N2O5S/c1-3-29-22(28)19-13(2)24-23(31-19)25-20(26)15-10-8-14(9-11-15)17-12-16-6-4-5-7-18(16)30-21(17)27/h4-12H,3H2,1-2H3,(H,24,25,26). The van der Waals surface area contributed by atoms with Gasteiger partial charge < -0.3 is 9.15 Å². The lowest BCUT2D eigenvalue weighted by molar-refractivity contribution is 0.0531. The van der Waals surface area contributed by atoms with Crippen molar-refractivity contribution in [2.45, 2.75) is 13.8 Å². The molecule has 4 aromatic rings. The van der Waals surface area contributed by atoms with Crippen LogP contribution in [0.25, 0.3) is 22.1 Å². The van der Waals surface area contributed by atoms with Crippen LogP contribution in [0.1, 0.15) is 32.6 Å². The number of nitrogens with one attached hydrogen (secondary N) is 1. The molecule has 0 aliphatic heterocycles. The van der Waals surface area contributed by atoms with E-state index < -0.39 is 11.6 Å². The summed E-state index contributed by atoms with van der Waals surface area (Å²) in [6.45, 7) is 3.67. The Balaban J connectivity index is 1.54. The highest BCUT2D eigenvalue weighted by Crippen LogP contribution is 2.25. The highest BCUT2D eigenvalue weighted by molar-refractivity contribution is 7.17. The van der Waals surface area contributed by atoms with Crippen molar-refractivity contribution < 1.29 is 18.7 Å². The number of fused-ring (bicyclic) bond motifs is 1. The second-order valence-electron chi connectivity index (χ2n) is 6.67. The summed E-state index contributed by atoms with van der Waals surface area (Å²) >= 11 is 1.06. The minimum atomic E-state index is -0.462. The van der Waals surface area contributed by atoms with Gasteiger partial charge in [-0.25, -0.2) is 14.6 Å². The average Bonchev–Trinajstić information content (AvgIpc) is 3.13. The zero-order chi connectivity index (χ0) is 22.0. The molecule has 2 heterocycles. The zero-order valence-electron chi connectivity index (χ0n) is 16.8. The molecule has 0 spiro atoms. The summed E-state index contributed by atoms with van der Waals surface area (Å²) in [5.74, 6) is -0.835. The SMILES string of the molecule is CCOC(=O)c1sc(NC(=O)c2ccc(-c3cc4ccccc4oc3=O)cc2)nc1C. The number of anilines is 1. The van der Waals surface area contributed by atoms with Crippen LogP contribution in [0.3, 0.4) is 0 Å². The molecule has 0 saturated carbocycles. The van der Waals surface area contributed by atoms with Gasteiger partial charge in [-0.05, 0) is 43.7 Å². The average molecular weight is 434 g/mol. The van der Waals surface area contributed by atoms with Crippen molar-refractivity contribution in [2.24, 2.45) is 0 Å². The largest absolute Gasteiger partial charge is 0.462 e. The Morgan fingerprint density at radius 1 is 1.13 bits per heavy atom. The van der Waals surface area contributed by atoms with Crippen LogP contribution in [-0.4, -0.2) is 23.5 Å². The highest BCUT2D eigenvalue weighted by atomic mass is 32.1. The van der Waals surface area contributed by atoms with Crippen molar-refractivity contribution in [1.29, 1.82) is 0 Å². The van der Waals surface area contributed by atoms with Gasteiger partial charge in [-0.1, -0.05) is 41.7 Å². The summed E-state index contributed by atoms with van der Waals surface area (Å²) in [6.07, 6.45) is 0. The van der Waals surface area contributed by atoms with E-state index in [9.17, 15) is 14.4 Å². The molecule has 8 heteroatoms. The third-order valence-electron chi connectivity index (χ3n) is 4.58. The number of carbonyl (C=O) groups excluding carboxylic acids is 2. The van der Waals surface area contributed by atoms with E-state index in [1.54, 1.807) is 56.3 Å². The molecule has 1 amide bonds. The number of aromatic nitrogens is 1. The molecule has 156 valence electrons. The molecule has 31 heavy (non-hydrogen) atoms. The number of hydrogen-bond donors (Lipinski definition) is 1. The van der Waals surface area contributed by atoms with E-state index in [1.165, 1.54) is 0 Å². The van der Waals surface area contributed by atoms with Crippen LogP contribution in [0.5, 0.6) is 0 Å². The summed E-state index contributed by atoms with van der Waals surface area (Å²) in [7, 11) is 0. The van der Waals surface area contributed by atoms with E-state index in [0.717, 1.165) is 16.7 Å². The molecular weight excluding hydrogens is 416 g/mol. The molecule has 0 aliphatic rings. The van der Waals surface area contributed by atoms with Crippen molar-refractivity contribution >= 4 is 39.3 Å². The molecule has 0 saturated heterocycles. The molecule has 0 aliphatic carbocycles. The van der Waals surface area contributed by atoms with Crippen LogP contribution in [0.4, 0.5) is 5.13 Å². The summed E-state index contributed by atoms with van der Waals surface area (Å²) < 4.78 is 10.4. The van der Waals surface area contributed by atoms with E-state index >= 15 is 0 Å². The number of carbonyl (C=O) groups is 2. The van der Waals surface area contributed by atoms with Gasteiger partial charge in [0, 0.05) is 10.9 Å². The summed E-state index contributed by atoms with van der Waals surface area (Å²) in [5, 5.41) is 3.82. The molecule has 1 N–H and O–H groups in total. The Morgan fingerprint density at radius 2 is 1.87 bits per heavy atom. The number of benzene rings is 2. The number of thiazole rings is 1. The lowest BCUT2D eigenvalue weighted by atomic mass is 10.0. The molecular formula is C23H18N2O5S. The maximum Gasteiger partial charge on any atom is 0.350 e. The molecule has 4 rings (SSSR count). The van der Waals surface area contributed by atoms with E-state index in [4.69, 9.17) is 9.15 Å². The molecule has 2 aromatic heterocycles. The summed E-state index contributed by atoms with van der Waals surface area (Å²) in [5.41, 5.74) is 2.02. The lowest BCUT2D eigenvalue weighted by Crippen LogP contribution is -2.11. The Morgan fingerprint density at radius 3 is 2.61 bits per heavy atom. The van der Waals surface area contributed by atoms with Crippen molar-refractivity contribution in [3.63, 3.8) is 0 Å². The topological polar surface area (TPSA) is 98.5 Å². The molecule has 0 unspecified atom stereocenters. The van der Waals surface area contributed by atoms with Crippen molar-refractivity contribution in [3.05, 3.63) is 81.2 Å². The van der Waals surface area contributed by atoms with Gasteiger partial charge in [0.15, 0.2) is 5.13 Å². The summed E-state index contributed by atoms with van der Waals surface area (Å²) in [4.78, 5) is 41.4. The van der Waals surface area contributed by atoms with E-state index in [0.29, 0.717) is 38.0 Å². The van der Waals surface area contributed by atoms with Crippen LogP contribution in [0.2, 0.25) is 0 Å². The minimum absolute atomic E-state index is 0.264. The molecule has 0 fully saturated rings. The number of aryl methyl sites for hydroxylation is 1. The molecule has 7 nitrogen and oxygen atoms in total. The number of hydrogen-bond acceptors (Lipinski definition) is 7. The van der Waals surface area contributed by atoms with Gasteiger partial charge in [-0.15, -0.1) is 0 Å². The van der Waals surface area contributed by atoms with Gasteiger partial charge in [0.25, 0.3) is 5.91 Å². The van der Waals surface area contributed by atoms with Crippen molar-refractivity contribution in [1.82, 2.24) is 4.98 Å². The van der Waals surface area contributed by atoms with Crippen molar-refractivity contribution in [3.8, 4) is 11.1 Å². The van der Waals surface area contributed by atoms with Gasteiger partial charge in [0.1, 0.15) is 10.5 Å². The van der Waals surface area contributed by atoms with Crippen molar-refractivity contribution in [2.75, 3.05) is 11.9 Å². The lowest BCUT2D eigenvalue weighted by Gasteiger charge is -2.05. The minimum Gasteiger partial charge on any atom is -0.462 e. The fourth-order valence-corrected chi connectivity index (χ4v) is 3.92. The smallest absolute Gasteiger partial charge is 0.350 e. The van der Waals surface area contributed by atoms with Crippen LogP contribution in [0, 0.1) is 6.92 Å². The Kier molecular flexibility index (Phi) is 5.64. The maximum atomic E-state index is 12.6. The first-order chi connectivity index (χ1) is 15.0. The number of ether oxygens (including phenoxy) is 1. The third kappa shape index (κ3) is 4.24. The van der Waals surface area contributed by atoms with Gasteiger partial charge in [0.2, 0.25) is 0 Å². The Labute approximate surface area is 181 Å². The molecule has 0 radical (unpaired) electrons. The van der Waals surface area contributed by atoms with Gasteiger partial charge in [0.05, 0.1) is 17.9 Å². The number of nitrogens with zero attached hydrogens (tertiary/aromatic N) is 1. The first-order valence-electron chi connectivity index (χ1n) is 9.55. The monoisotopic (exact) mass is 434 g/mol. The Hall–Kier alpha value is -3.78. The van der Waals surface area contributed by atoms with Gasteiger partial charge in [-0.3, -0.25) is 10.1 Å². The van der Waals surface area contributed by atoms with E-state index in [-0.39, 0.29) is 12.5 Å². The first kappa shape index (κ1) is 20.5. The fraction of sp³-hybridized carbons (Fsp3) is 0.130. The predicted molar refractivity (Wildman–Crippen MR) is 119 cm³/mol. The predicted octanol–water partition coefficient (Wildman–Crippen LogP) is 4.65. The number of rotatable bonds is 5. The van der Waals surface area contributed by atoms with Crippen LogP contribution < -0.4 is 10.9 Å². The summed E-state index contributed by atoms with van der Waals surface area (Å²) in [6, 6.07) is 15.7. The number of amides is 1. The quantitative estimate of drug-likeness (QED) is 0.363. The van der Waals surface area contributed by atoms with Gasteiger partial charge in [-0.2, -0.15) is 0 Å². The Bertz CT molecular complexity index is 1340. The number of para-hydroxylation sites is 1. The van der Waals surface area contributed by atoms with Crippen LogP contribution in [0.15, 0.2) is 63.8 Å². The second kappa shape index (κ2) is 8.53. The normalized spacial score (nSPS) is 10.8. The van der Waals surface area contributed by atoms with E-state index in [1.807, 2.05) is 12.1 Å². The fourth-order valence-electron chi connectivity index (χ4n) is 3.07. The van der Waals surface area contributed by atoms with Gasteiger partial charge >= 0.3 is 11.6 Å². The maximum absolute atomic E-state index is 12.6. The zero-order valence-corrected chi connectivity index (χ0v) is 17.6. The third-order valence-corrected chi connectivity index (χ3v) is 5.63. The first-order valence-corrected chi connectivity index (χ1v) is 10.4. The molecule has 2 aromatic carbocycles. The number of esters is 1. The molecule has 0 atom stereocenters. The van der Waals surface area contributed by atoms with E-state index in [2.05, 4.69) is 10.3 Å². The molecule has 0 bridgehead atoms.